The molecule has 0 amide bonds. The third-order valence-electron chi connectivity index (χ3n) is 3.48. The number of carboxylic acids is 1. The van der Waals surface area contributed by atoms with Gasteiger partial charge in [-0.05, 0) is 31.6 Å². The van der Waals surface area contributed by atoms with Gasteiger partial charge < -0.3 is 9.67 Å². The van der Waals surface area contributed by atoms with Crippen LogP contribution in [-0.2, 0) is 4.79 Å². The van der Waals surface area contributed by atoms with E-state index < -0.39 is 5.97 Å². The molecule has 4 nitrogen and oxygen atoms in total. The number of thioether (sulfide) groups is 1. The predicted molar refractivity (Wildman–Crippen MR) is 72.0 cm³/mol. The van der Waals surface area contributed by atoms with Crippen molar-refractivity contribution in [3.8, 4) is 0 Å². The van der Waals surface area contributed by atoms with E-state index in [1.807, 2.05) is 6.92 Å². The van der Waals surface area contributed by atoms with Crippen LogP contribution in [0.3, 0.4) is 0 Å². The number of imidazole rings is 1. The maximum absolute atomic E-state index is 10.7. The number of aryl methyl sites for hydroxylation is 1. The van der Waals surface area contributed by atoms with Crippen molar-refractivity contribution in [3.05, 3.63) is 11.9 Å². The van der Waals surface area contributed by atoms with Crippen molar-refractivity contribution in [2.45, 2.75) is 51.2 Å². The zero-order chi connectivity index (χ0) is 13.3. The largest absolute Gasteiger partial charge is 0.481 e. The topological polar surface area (TPSA) is 55.1 Å². The zero-order valence-corrected chi connectivity index (χ0v) is 12.0. The average molecular weight is 268 g/mol. The van der Waals surface area contributed by atoms with Crippen molar-refractivity contribution in [1.29, 1.82) is 0 Å². The minimum absolute atomic E-state index is 0.0760. The molecule has 1 unspecified atom stereocenters. The number of nitrogens with zero attached hydrogens (tertiary/aromatic N) is 2. The van der Waals surface area contributed by atoms with Crippen molar-refractivity contribution in [2.24, 2.45) is 5.41 Å². The summed E-state index contributed by atoms with van der Waals surface area (Å²) < 4.78 is 2.18. The van der Waals surface area contributed by atoms with Gasteiger partial charge in [0, 0.05) is 12.2 Å². The first kappa shape index (κ1) is 13.5. The summed E-state index contributed by atoms with van der Waals surface area (Å²) in [6.07, 6.45) is 5.57. The average Bonchev–Trinajstić information content (AvgIpc) is 2.78. The summed E-state index contributed by atoms with van der Waals surface area (Å²) in [6.45, 7) is 6.54. The number of carboxylic acid groups (broad SMARTS) is 1. The molecule has 1 aromatic heterocycles. The Morgan fingerprint density at radius 2 is 2.39 bits per heavy atom. The van der Waals surface area contributed by atoms with E-state index in [0.29, 0.717) is 11.5 Å². The fourth-order valence-corrected chi connectivity index (χ4v) is 3.44. The monoisotopic (exact) mass is 268 g/mol. The number of hydrogen-bond donors (Lipinski definition) is 1. The van der Waals surface area contributed by atoms with Crippen LogP contribution in [-0.4, -0.2) is 26.4 Å². The van der Waals surface area contributed by atoms with E-state index in [4.69, 9.17) is 5.11 Å². The number of carbonyl (C=O) groups is 1. The molecule has 1 heterocycles. The normalized spacial score (nSPS) is 22.3. The second kappa shape index (κ2) is 4.96. The first-order chi connectivity index (χ1) is 8.37. The van der Waals surface area contributed by atoms with Gasteiger partial charge in [0.05, 0.1) is 11.4 Å². The molecule has 2 rings (SSSR count). The molecule has 1 aliphatic rings. The minimum atomic E-state index is -0.793. The molecule has 100 valence electrons. The van der Waals surface area contributed by atoms with Gasteiger partial charge in [-0.3, -0.25) is 4.79 Å². The molecule has 1 atom stereocenters. The van der Waals surface area contributed by atoms with Crippen molar-refractivity contribution in [2.75, 3.05) is 5.75 Å². The van der Waals surface area contributed by atoms with Crippen LogP contribution in [0.1, 0.15) is 44.8 Å². The fourth-order valence-electron chi connectivity index (χ4n) is 2.63. The molecule has 0 saturated heterocycles. The molecule has 18 heavy (non-hydrogen) atoms. The minimum Gasteiger partial charge on any atom is -0.481 e. The lowest BCUT2D eigenvalue weighted by Gasteiger charge is -2.19. The molecule has 1 aromatic rings. The molecule has 1 saturated carbocycles. The smallest absolute Gasteiger partial charge is 0.313 e. The first-order valence-corrected chi connectivity index (χ1v) is 7.26. The molecule has 0 radical (unpaired) electrons. The van der Waals surface area contributed by atoms with E-state index in [1.165, 1.54) is 18.2 Å². The van der Waals surface area contributed by atoms with E-state index in [9.17, 15) is 4.79 Å². The SMILES string of the molecule is Cc1cn(C2CCC(C)(C)C2)c(SCC(=O)O)n1. The van der Waals surface area contributed by atoms with Gasteiger partial charge in [0.2, 0.25) is 0 Å². The summed E-state index contributed by atoms with van der Waals surface area (Å²) in [6, 6.07) is 0.470. The van der Waals surface area contributed by atoms with Crippen LogP contribution in [0.5, 0.6) is 0 Å². The summed E-state index contributed by atoms with van der Waals surface area (Å²) in [5.41, 5.74) is 1.35. The van der Waals surface area contributed by atoms with Gasteiger partial charge in [0.15, 0.2) is 5.16 Å². The molecule has 0 aromatic carbocycles. The van der Waals surface area contributed by atoms with E-state index in [1.54, 1.807) is 0 Å². The highest BCUT2D eigenvalue weighted by molar-refractivity contribution is 7.99. The Bertz CT molecular complexity index is 454. The van der Waals surface area contributed by atoms with Crippen LogP contribution in [0, 0.1) is 12.3 Å². The van der Waals surface area contributed by atoms with Crippen LogP contribution in [0.4, 0.5) is 0 Å². The molecule has 0 bridgehead atoms. The van der Waals surface area contributed by atoms with Gasteiger partial charge in [-0.2, -0.15) is 0 Å². The summed E-state index contributed by atoms with van der Waals surface area (Å²) in [7, 11) is 0. The van der Waals surface area contributed by atoms with Crippen LogP contribution in [0.25, 0.3) is 0 Å². The van der Waals surface area contributed by atoms with E-state index in [-0.39, 0.29) is 5.75 Å². The molecule has 1 N–H and O–H groups in total. The summed E-state index contributed by atoms with van der Waals surface area (Å²) in [5.74, 6) is -0.717. The number of aliphatic carboxylic acids is 1. The quantitative estimate of drug-likeness (QED) is 0.852. The lowest BCUT2D eigenvalue weighted by Crippen LogP contribution is -2.10. The summed E-state index contributed by atoms with van der Waals surface area (Å²) >= 11 is 1.32. The van der Waals surface area contributed by atoms with Crippen molar-refractivity contribution in [1.82, 2.24) is 9.55 Å². The Kier molecular flexibility index (Phi) is 3.71. The second-order valence-electron chi connectivity index (χ2n) is 5.82. The van der Waals surface area contributed by atoms with Gasteiger partial charge in [0.25, 0.3) is 0 Å². The Labute approximate surface area is 112 Å². The van der Waals surface area contributed by atoms with Gasteiger partial charge in [0.1, 0.15) is 0 Å². The first-order valence-electron chi connectivity index (χ1n) is 6.27. The molecule has 0 aliphatic heterocycles. The van der Waals surface area contributed by atoms with Crippen LogP contribution in [0.15, 0.2) is 11.4 Å². The van der Waals surface area contributed by atoms with Crippen molar-refractivity contribution in [3.63, 3.8) is 0 Å². The highest BCUT2D eigenvalue weighted by Gasteiger charge is 2.33. The number of hydrogen-bond acceptors (Lipinski definition) is 3. The fraction of sp³-hybridized carbons (Fsp3) is 0.692. The second-order valence-corrected chi connectivity index (χ2v) is 6.76. The van der Waals surface area contributed by atoms with E-state index >= 15 is 0 Å². The van der Waals surface area contributed by atoms with Crippen molar-refractivity contribution < 1.29 is 9.90 Å². The molecular weight excluding hydrogens is 248 g/mol. The number of aromatic nitrogens is 2. The van der Waals surface area contributed by atoms with Gasteiger partial charge in [-0.1, -0.05) is 25.6 Å². The highest BCUT2D eigenvalue weighted by Crippen LogP contribution is 2.44. The van der Waals surface area contributed by atoms with E-state index in [2.05, 4.69) is 29.6 Å². The van der Waals surface area contributed by atoms with E-state index in [0.717, 1.165) is 23.7 Å². The Hall–Kier alpha value is -0.970. The van der Waals surface area contributed by atoms with Gasteiger partial charge >= 0.3 is 5.97 Å². The summed E-state index contributed by atoms with van der Waals surface area (Å²) in [4.78, 5) is 15.1. The third-order valence-corrected chi connectivity index (χ3v) is 4.43. The van der Waals surface area contributed by atoms with Crippen LogP contribution < -0.4 is 0 Å². The standard InChI is InChI=1S/C13H20N2O2S/c1-9-7-15(10-4-5-13(2,3)6-10)12(14-9)18-8-11(16)17/h7,10H,4-6,8H2,1-3H3,(H,16,17). The van der Waals surface area contributed by atoms with Gasteiger partial charge in [-0.25, -0.2) is 4.98 Å². The summed E-state index contributed by atoms with van der Waals surface area (Å²) in [5, 5.41) is 9.61. The predicted octanol–water partition coefficient (Wildman–Crippen LogP) is 3.12. The third kappa shape index (κ3) is 3.07. The number of rotatable bonds is 4. The molecule has 1 fully saturated rings. The lowest BCUT2D eigenvalue weighted by molar-refractivity contribution is -0.133. The molecular formula is C13H20N2O2S. The molecule has 0 spiro atoms. The van der Waals surface area contributed by atoms with Crippen LogP contribution in [0.2, 0.25) is 0 Å². The lowest BCUT2D eigenvalue weighted by atomic mass is 9.92. The Morgan fingerprint density at radius 1 is 1.67 bits per heavy atom. The van der Waals surface area contributed by atoms with Gasteiger partial charge in [-0.15, -0.1) is 0 Å². The Morgan fingerprint density at radius 3 is 2.94 bits per heavy atom. The molecule has 1 aliphatic carbocycles. The maximum Gasteiger partial charge on any atom is 0.313 e. The zero-order valence-electron chi connectivity index (χ0n) is 11.1. The highest BCUT2D eigenvalue weighted by atomic mass is 32.2. The van der Waals surface area contributed by atoms with Crippen molar-refractivity contribution >= 4 is 17.7 Å². The molecule has 5 heteroatoms. The Balaban J connectivity index is 2.15. The van der Waals surface area contributed by atoms with Crippen LogP contribution >= 0.6 is 11.8 Å². The maximum atomic E-state index is 10.7.